The molecule has 0 atom stereocenters. The van der Waals surface area contributed by atoms with Gasteiger partial charge in [0.25, 0.3) is 0 Å². The molecule has 0 amide bonds. The third kappa shape index (κ3) is 1.71. The van der Waals surface area contributed by atoms with Crippen molar-refractivity contribution < 1.29 is 4.39 Å². The number of H-pyrrole nitrogens is 1. The van der Waals surface area contributed by atoms with Crippen LogP contribution in [0.3, 0.4) is 0 Å². The molecule has 1 heterocycles. The molecule has 1 N–H and O–H groups in total. The molecule has 4 heteroatoms. The van der Waals surface area contributed by atoms with Gasteiger partial charge in [0.2, 0.25) is 0 Å². The van der Waals surface area contributed by atoms with Gasteiger partial charge in [0.15, 0.2) is 0 Å². The van der Waals surface area contributed by atoms with E-state index in [0.717, 1.165) is 5.69 Å². The van der Waals surface area contributed by atoms with Gasteiger partial charge in [-0.2, -0.15) is 0 Å². The molecule has 1 aromatic heterocycles. The summed E-state index contributed by atoms with van der Waals surface area (Å²) in [6.45, 7) is 0. The van der Waals surface area contributed by atoms with Crippen molar-refractivity contribution in [3.63, 3.8) is 0 Å². The molecule has 1 aromatic carbocycles. The molecule has 0 unspecified atom stereocenters. The Morgan fingerprint density at radius 1 is 1.38 bits per heavy atom. The van der Waals surface area contributed by atoms with Crippen molar-refractivity contribution in [3.05, 3.63) is 40.9 Å². The smallest absolute Gasteiger partial charge is 0.140 e. The van der Waals surface area contributed by atoms with E-state index in [1.165, 1.54) is 18.9 Å². The van der Waals surface area contributed by atoms with E-state index in [1.807, 2.05) is 0 Å². The van der Waals surface area contributed by atoms with E-state index >= 15 is 0 Å². The van der Waals surface area contributed by atoms with Crippen molar-refractivity contribution in [2.75, 3.05) is 0 Å². The van der Waals surface area contributed by atoms with Crippen molar-refractivity contribution in [2.24, 2.45) is 0 Å². The molecule has 0 saturated heterocycles. The summed E-state index contributed by atoms with van der Waals surface area (Å²) in [5.74, 6) is 0.830. The number of nitrogens with one attached hydrogen (secondary N) is 1. The highest BCUT2D eigenvalue weighted by Gasteiger charge is 2.25. The molecule has 2 nitrogen and oxygen atoms in total. The van der Waals surface area contributed by atoms with Gasteiger partial charge in [-0.1, -0.05) is 11.6 Å². The van der Waals surface area contributed by atoms with Gasteiger partial charge in [-0.3, -0.25) is 0 Å². The largest absolute Gasteiger partial charge is 0.342 e. The minimum absolute atomic E-state index is 0.343. The van der Waals surface area contributed by atoms with Gasteiger partial charge >= 0.3 is 0 Å². The summed E-state index contributed by atoms with van der Waals surface area (Å²) in [5, 5.41) is 0.398. The van der Waals surface area contributed by atoms with E-state index in [1.54, 1.807) is 18.3 Å². The van der Waals surface area contributed by atoms with E-state index < -0.39 is 0 Å². The Balaban J connectivity index is 2.00. The molecular formula is C12H10ClFN2. The second-order valence-electron chi connectivity index (χ2n) is 4.09. The highest BCUT2D eigenvalue weighted by atomic mass is 35.5. The van der Waals surface area contributed by atoms with Gasteiger partial charge in [0, 0.05) is 22.8 Å². The number of rotatable bonds is 2. The van der Waals surface area contributed by atoms with Gasteiger partial charge in [-0.25, -0.2) is 9.37 Å². The lowest BCUT2D eigenvalue weighted by Gasteiger charge is -1.99. The lowest BCUT2D eigenvalue weighted by Crippen LogP contribution is -1.87. The average molecular weight is 237 g/mol. The maximum Gasteiger partial charge on any atom is 0.140 e. The topological polar surface area (TPSA) is 28.7 Å². The molecule has 1 aliphatic carbocycles. The maximum atomic E-state index is 13.6. The lowest BCUT2D eigenvalue weighted by atomic mass is 10.2. The lowest BCUT2D eigenvalue weighted by molar-refractivity contribution is 0.630. The first kappa shape index (κ1) is 9.85. The van der Waals surface area contributed by atoms with Crippen LogP contribution in [0.5, 0.6) is 0 Å². The quantitative estimate of drug-likeness (QED) is 0.845. The van der Waals surface area contributed by atoms with Crippen molar-refractivity contribution in [1.29, 1.82) is 0 Å². The van der Waals surface area contributed by atoms with E-state index in [4.69, 9.17) is 11.6 Å². The van der Waals surface area contributed by atoms with Crippen LogP contribution in [0.4, 0.5) is 4.39 Å². The molecule has 1 saturated carbocycles. The number of hydrogen-bond acceptors (Lipinski definition) is 1. The third-order valence-corrected chi connectivity index (χ3v) is 3.03. The van der Waals surface area contributed by atoms with Crippen LogP contribution >= 0.6 is 11.6 Å². The van der Waals surface area contributed by atoms with Crippen LogP contribution in [-0.2, 0) is 0 Å². The Kier molecular flexibility index (Phi) is 2.21. The Morgan fingerprint density at radius 3 is 2.88 bits per heavy atom. The number of aromatic amines is 1. The fourth-order valence-corrected chi connectivity index (χ4v) is 1.91. The normalized spacial score (nSPS) is 15.4. The molecule has 1 fully saturated rings. The molecule has 0 radical (unpaired) electrons. The van der Waals surface area contributed by atoms with Gasteiger partial charge in [-0.05, 0) is 31.0 Å². The van der Waals surface area contributed by atoms with Gasteiger partial charge in [0.1, 0.15) is 11.6 Å². The first-order valence-electron chi connectivity index (χ1n) is 5.24. The predicted molar refractivity (Wildman–Crippen MR) is 61.0 cm³/mol. The zero-order valence-electron chi connectivity index (χ0n) is 8.50. The van der Waals surface area contributed by atoms with Gasteiger partial charge < -0.3 is 4.98 Å². The standard InChI is InChI=1S/C12H10ClFN2/c13-8-3-4-9(10(14)5-8)12-15-6-11(16-12)7-1-2-7/h3-7H,1-2H2,(H,15,16). The second-order valence-corrected chi connectivity index (χ2v) is 4.52. The molecule has 0 aliphatic heterocycles. The molecule has 3 rings (SSSR count). The third-order valence-electron chi connectivity index (χ3n) is 2.80. The molecule has 1 aliphatic rings. The molecule has 0 bridgehead atoms. The fourth-order valence-electron chi connectivity index (χ4n) is 1.76. The van der Waals surface area contributed by atoms with Crippen molar-refractivity contribution in [2.45, 2.75) is 18.8 Å². The van der Waals surface area contributed by atoms with Crippen molar-refractivity contribution >= 4 is 11.6 Å². The highest BCUT2D eigenvalue weighted by molar-refractivity contribution is 6.30. The van der Waals surface area contributed by atoms with Crippen LogP contribution in [0.2, 0.25) is 5.02 Å². The minimum Gasteiger partial charge on any atom is -0.342 e. The Hall–Kier alpha value is -1.35. The number of halogens is 2. The van der Waals surface area contributed by atoms with E-state index in [-0.39, 0.29) is 5.82 Å². The monoisotopic (exact) mass is 236 g/mol. The Labute approximate surface area is 97.5 Å². The first-order valence-corrected chi connectivity index (χ1v) is 5.62. The number of hydrogen-bond donors (Lipinski definition) is 1. The number of aromatic nitrogens is 2. The van der Waals surface area contributed by atoms with Crippen LogP contribution in [0.25, 0.3) is 11.4 Å². The molecule has 2 aromatic rings. The van der Waals surface area contributed by atoms with Gasteiger partial charge in [-0.15, -0.1) is 0 Å². The number of nitrogens with zero attached hydrogens (tertiary/aromatic N) is 1. The zero-order valence-corrected chi connectivity index (χ0v) is 9.26. The summed E-state index contributed by atoms with van der Waals surface area (Å²) in [5.41, 5.74) is 1.57. The molecule has 0 spiro atoms. The van der Waals surface area contributed by atoms with E-state index in [0.29, 0.717) is 22.3 Å². The first-order chi connectivity index (χ1) is 7.74. The van der Waals surface area contributed by atoms with Crippen LogP contribution in [-0.4, -0.2) is 9.97 Å². The van der Waals surface area contributed by atoms with Gasteiger partial charge in [0.05, 0.1) is 5.56 Å². The minimum atomic E-state index is -0.343. The Morgan fingerprint density at radius 2 is 2.19 bits per heavy atom. The SMILES string of the molecule is Fc1cc(Cl)ccc1-c1ncc(C2CC2)[nH]1. The van der Waals surface area contributed by atoms with E-state index in [9.17, 15) is 4.39 Å². The second kappa shape index (κ2) is 3.59. The Bertz CT molecular complexity index is 532. The average Bonchev–Trinajstić information content (AvgIpc) is 2.98. The summed E-state index contributed by atoms with van der Waals surface area (Å²) in [6, 6.07) is 4.61. The summed E-state index contributed by atoms with van der Waals surface area (Å²) in [4.78, 5) is 7.36. The highest BCUT2D eigenvalue weighted by Crippen LogP contribution is 2.39. The number of imidazole rings is 1. The number of benzene rings is 1. The van der Waals surface area contributed by atoms with Crippen molar-refractivity contribution in [1.82, 2.24) is 9.97 Å². The fraction of sp³-hybridized carbons (Fsp3) is 0.250. The molecule has 82 valence electrons. The van der Waals surface area contributed by atoms with Crippen LogP contribution < -0.4 is 0 Å². The zero-order chi connectivity index (χ0) is 11.1. The van der Waals surface area contributed by atoms with Crippen molar-refractivity contribution in [3.8, 4) is 11.4 Å². The molecular weight excluding hydrogens is 227 g/mol. The summed E-state index contributed by atoms with van der Waals surface area (Å²) in [6.07, 6.45) is 4.19. The van der Waals surface area contributed by atoms with Crippen LogP contribution in [0, 0.1) is 5.82 Å². The molecule has 16 heavy (non-hydrogen) atoms. The summed E-state index contributed by atoms with van der Waals surface area (Å²) in [7, 11) is 0. The summed E-state index contributed by atoms with van der Waals surface area (Å²) < 4.78 is 13.6. The summed E-state index contributed by atoms with van der Waals surface area (Å²) >= 11 is 5.70. The van der Waals surface area contributed by atoms with E-state index in [2.05, 4.69) is 9.97 Å². The maximum absolute atomic E-state index is 13.6. The predicted octanol–water partition coefficient (Wildman–Crippen LogP) is 3.75. The van der Waals surface area contributed by atoms with Crippen LogP contribution in [0.15, 0.2) is 24.4 Å². The van der Waals surface area contributed by atoms with Crippen LogP contribution in [0.1, 0.15) is 24.5 Å².